The van der Waals surface area contributed by atoms with Crippen LogP contribution in [0.4, 0.5) is 5.95 Å². The molecule has 2 rings (SSSR count). The summed E-state index contributed by atoms with van der Waals surface area (Å²) in [6.07, 6.45) is 2.66. The summed E-state index contributed by atoms with van der Waals surface area (Å²) in [4.78, 5) is 8.91. The molecule has 1 heterocycles. The van der Waals surface area contributed by atoms with Gasteiger partial charge in [-0.3, -0.25) is 0 Å². The van der Waals surface area contributed by atoms with Gasteiger partial charge in [-0.15, -0.1) is 0 Å². The van der Waals surface area contributed by atoms with Crippen molar-refractivity contribution >= 4 is 5.95 Å². The van der Waals surface area contributed by atoms with E-state index in [2.05, 4.69) is 40.5 Å². The smallest absolute Gasteiger partial charge is 0.223 e. The topological polar surface area (TPSA) is 49.8 Å². The third-order valence-corrected chi connectivity index (χ3v) is 2.88. The van der Waals surface area contributed by atoms with E-state index in [0.29, 0.717) is 5.92 Å². The molecular formula is C13H22N4. The molecule has 1 aromatic rings. The third-order valence-electron chi connectivity index (χ3n) is 2.88. The van der Waals surface area contributed by atoms with E-state index in [1.54, 1.807) is 0 Å². The summed E-state index contributed by atoms with van der Waals surface area (Å²) in [5.74, 6) is 1.20. The molecule has 0 amide bonds. The Hall–Kier alpha value is -1.16. The lowest BCUT2D eigenvalue weighted by molar-refractivity contribution is 0.698. The first-order valence-corrected chi connectivity index (χ1v) is 6.48. The minimum Gasteiger partial charge on any atom is -0.353 e. The SMILES string of the molecule is Cc1cc(C(C)C)nc(NCCNC2CC2)n1. The number of nitrogens with zero attached hydrogens (tertiary/aromatic N) is 2. The van der Waals surface area contributed by atoms with E-state index in [4.69, 9.17) is 0 Å². The van der Waals surface area contributed by atoms with Crippen molar-refractivity contribution in [2.24, 2.45) is 0 Å². The quantitative estimate of drug-likeness (QED) is 0.740. The van der Waals surface area contributed by atoms with Gasteiger partial charge in [-0.1, -0.05) is 13.8 Å². The Balaban J connectivity index is 1.85. The van der Waals surface area contributed by atoms with Gasteiger partial charge < -0.3 is 10.6 Å². The summed E-state index contributed by atoms with van der Waals surface area (Å²) in [6, 6.07) is 2.82. The van der Waals surface area contributed by atoms with Gasteiger partial charge in [0.1, 0.15) is 0 Å². The summed E-state index contributed by atoms with van der Waals surface area (Å²) < 4.78 is 0. The maximum atomic E-state index is 4.52. The zero-order valence-electron chi connectivity index (χ0n) is 11.0. The van der Waals surface area contributed by atoms with Gasteiger partial charge in [0.15, 0.2) is 0 Å². The number of nitrogens with one attached hydrogen (secondary N) is 2. The van der Waals surface area contributed by atoms with Crippen LogP contribution in [0.15, 0.2) is 6.07 Å². The molecule has 0 radical (unpaired) electrons. The van der Waals surface area contributed by atoms with Crippen LogP contribution in [0.5, 0.6) is 0 Å². The summed E-state index contributed by atoms with van der Waals surface area (Å²) in [6.45, 7) is 8.19. The molecule has 0 saturated heterocycles. The molecule has 0 aromatic carbocycles. The molecule has 0 spiro atoms. The second kappa shape index (κ2) is 5.45. The van der Waals surface area contributed by atoms with Crippen LogP contribution in [-0.4, -0.2) is 29.1 Å². The van der Waals surface area contributed by atoms with E-state index in [1.807, 2.05) is 6.92 Å². The van der Waals surface area contributed by atoms with Crippen molar-refractivity contribution in [1.82, 2.24) is 15.3 Å². The van der Waals surface area contributed by atoms with Crippen LogP contribution in [-0.2, 0) is 0 Å². The van der Waals surface area contributed by atoms with Crippen molar-refractivity contribution in [3.63, 3.8) is 0 Å². The van der Waals surface area contributed by atoms with Crippen LogP contribution in [0.1, 0.15) is 44.0 Å². The molecule has 1 aromatic heterocycles. The van der Waals surface area contributed by atoms with E-state index in [0.717, 1.165) is 36.5 Å². The average Bonchev–Trinajstić information content (AvgIpc) is 3.07. The summed E-state index contributed by atoms with van der Waals surface area (Å²) >= 11 is 0. The van der Waals surface area contributed by atoms with Gasteiger partial charge in [0, 0.05) is 30.5 Å². The van der Waals surface area contributed by atoms with Crippen LogP contribution in [0, 0.1) is 6.92 Å². The Morgan fingerprint density at radius 2 is 2.06 bits per heavy atom. The molecule has 0 aliphatic heterocycles. The van der Waals surface area contributed by atoms with E-state index >= 15 is 0 Å². The van der Waals surface area contributed by atoms with Gasteiger partial charge >= 0.3 is 0 Å². The highest BCUT2D eigenvalue weighted by Crippen LogP contribution is 2.18. The number of aromatic nitrogens is 2. The Kier molecular flexibility index (Phi) is 3.94. The highest BCUT2D eigenvalue weighted by Gasteiger charge is 2.19. The highest BCUT2D eigenvalue weighted by atomic mass is 15.1. The van der Waals surface area contributed by atoms with Crippen molar-refractivity contribution < 1.29 is 0 Å². The lowest BCUT2D eigenvalue weighted by Gasteiger charge is -2.10. The predicted octanol–water partition coefficient (Wildman–Crippen LogP) is 2.07. The van der Waals surface area contributed by atoms with Crippen molar-refractivity contribution in [2.45, 2.75) is 45.6 Å². The summed E-state index contributed by atoms with van der Waals surface area (Å²) in [7, 11) is 0. The molecular weight excluding hydrogens is 212 g/mol. The van der Waals surface area contributed by atoms with Crippen LogP contribution in [0.2, 0.25) is 0 Å². The van der Waals surface area contributed by atoms with Gasteiger partial charge in [0.25, 0.3) is 0 Å². The predicted molar refractivity (Wildman–Crippen MR) is 70.4 cm³/mol. The Labute approximate surface area is 103 Å². The van der Waals surface area contributed by atoms with Gasteiger partial charge in [-0.25, -0.2) is 9.97 Å². The molecule has 1 aliphatic carbocycles. The summed E-state index contributed by atoms with van der Waals surface area (Å²) in [5.41, 5.74) is 2.14. The fourth-order valence-corrected chi connectivity index (χ4v) is 1.71. The molecule has 1 fully saturated rings. The van der Waals surface area contributed by atoms with Gasteiger partial charge in [0.2, 0.25) is 5.95 Å². The zero-order chi connectivity index (χ0) is 12.3. The Morgan fingerprint density at radius 1 is 1.29 bits per heavy atom. The summed E-state index contributed by atoms with van der Waals surface area (Å²) in [5, 5.41) is 6.74. The Morgan fingerprint density at radius 3 is 2.71 bits per heavy atom. The first-order valence-electron chi connectivity index (χ1n) is 6.48. The molecule has 1 aliphatic rings. The standard InChI is InChI=1S/C13H22N4/c1-9(2)12-8-10(3)16-13(17-12)15-7-6-14-11-4-5-11/h8-9,11,14H,4-7H2,1-3H3,(H,15,16,17). The lowest BCUT2D eigenvalue weighted by Crippen LogP contribution is -2.24. The maximum Gasteiger partial charge on any atom is 0.223 e. The first kappa shape index (κ1) is 12.3. The van der Waals surface area contributed by atoms with Crippen LogP contribution < -0.4 is 10.6 Å². The van der Waals surface area contributed by atoms with Crippen molar-refractivity contribution in [3.05, 3.63) is 17.5 Å². The number of hydrogen-bond donors (Lipinski definition) is 2. The largest absolute Gasteiger partial charge is 0.353 e. The van der Waals surface area contributed by atoms with E-state index in [9.17, 15) is 0 Å². The molecule has 0 bridgehead atoms. The van der Waals surface area contributed by atoms with E-state index < -0.39 is 0 Å². The second-order valence-electron chi connectivity index (χ2n) is 5.07. The fourth-order valence-electron chi connectivity index (χ4n) is 1.71. The third kappa shape index (κ3) is 3.97. The molecule has 2 N–H and O–H groups in total. The maximum absolute atomic E-state index is 4.52. The molecule has 4 nitrogen and oxygen atoms in total. The molecule has 1 saturated carbocycles. The van der Waals surface area contributed by atoms with Crippen LogP contribution in [0.25, 0.3) is 0 Å². The highest BCUT2D eigenvalue weighted by molar-refractivity contribution is 5.29. The lowest BCUT2D eigenvalue weighted by atomic mass is 10.1. The van der Waals surface area contributed by atoms with Gasteiger partial charge in [0.05, 0.1) is 0 Å². The minimum atomic E-state index is 0.446. The number of hydrogen-bond acceptors (Lipinski definition) is 4. The monoisotopic (exact) mass is 234 g/mol. The van der Waals surface area contributed by atoms with Crippen LogP contribution in [0.3, 0.4) is 0 Å². The number of aryl methyl sites for hydroxylation is 1. The van der Waals surface area contributed by atoms with E-state index in [-0.39, 0.29) is 0 Å². The molecule has 4 heteroatoms. The molecule has 94 valence electrons. The second-order valence-corrected chi connectivity index (χ2v) is 5.07. The fraction of sp³-hybridized carbons (Fsp3) is 0.692. The Bertz CT molecular complexity index is 372. The normalized spacial score (nSPS) is 15.3. The zero-order valence-corrected chi connectivity index (χ0v) is 11.0. The molecule has 0 atom stereocenters. The molecule has 17 heavy (non-hydrogen) atoms. The van der Waals surface area contributed by atoms with Gasteiger partial charge in [-0.2, -0.15) is 0 Å². The van der Waals surface area contributed by atoms with Crippen molar-refractivity contribution in [2.75, 3.05) is 18.4 Å². The van der Waals surface area contributed by atoms with Crippen molar-refractivity contribution in [1.29, 1.82) is 0 Å². The average molecular weight is 234 g/mol. The number of anilines is 1. The molecule has 0 unspecified atom stereocenters. The van der Waals surface area contributed by atoms with Crippen molar-refractivity contribution in [3.8, 4) is 0 Å². The minimum absolute atomic E-state index is 0.446. The van der Waals surface area contributed by atoms with Gasteiger partial charge in [-0.05, 0) is 31.7 Å². The van der Waals surface area contributed by atoms with Crippen LogP contribution >= 0.6 is 0 Å². The number of rotatable bonds is 6. The first-order chi connectivity index (χ1) is 8.15. The van der Waals surface area contributed by atoms with E-state index in [1.165, 1.54) is 12.8 Å².